The molecule has 0 saturated carbocycles. The van der Waals surface area contributed by atoms with Crippen LogP contribution in [-0.4, -0.2) is 17.4 Å². The smallest absolute Gasteiger partial charge is 0.231 e. The minimum atomic E-state index is -0.397. The zero-order valence-corrected chi connectivity index (χ0v) is 8.59. The number of aromatic nitrogens is 1. The molecule has 0 fully saturated rings. The standard InChI is InChI=1S/C11H12FN3O/c12-8-1-2-9-7(4-14-6-11(13)16)5-15-10(9)3-8/h1-3,5,14-15H,4,6H2,(H2,13,16). The highest BCUT2D eigenvalue weighted by atomic mass is 19.1. The second-order valence-electron chi connectivity index (χ2n) is 3.57. The maximum atomic E-state index is 12.9. The number of primary amides is 1. The van der Waals surface area contributed by atoms with Crippen molar-refractivity contribution in [1.29, 1.82) is 0 Å². The van der Waals surface area contributed by atoms with E-state index in [4.69, 9.17) is 5.73 Å². The van der Waals surface area contributed by atoms with E-state index in [1.807, 2.05) is 0 Å². The van der Waals surface area contributed by atoms with Crippen molar-refractivity contribution in [2.75, 3.05) is 6.54 Å². The molecule has 0 bridgehead atoms. The number of hydrogen-bond donors (Lipinski definition) is 3. The van der Waals surface area contributed by atoms with Crippen LogP contribution in [0.15, 0.2) is 24.4 Å². The van der Waals surface area contributed by atoms with Gasteiger partial charge in [0.25, 0.3) is 0 Å². The Morgan fingerprint density at radius 2 is 2.31 bits per heavy atom. The number of fused-ring (bicyclic) bond motifs is 1. The fourth-order valence-electron chi connectivity index (χ4n) is 1.63. The maximum Gasteiger partial charge on any atom is 0.231 e. The minimum Gasteiger partial charge on any atom is -0.369 e. The molecular weight excluding hydrogens is 209 g/mol. The molecule has 16 heavy (non-hydrogen) atoms. The molecule has 5 heteroatoms. The summed E-state index contributed by atoms with van der Waals surface area (Å²) in [5, 5.41) is 3.85. The highest BCUT2D eigenvalue weighted by Gasteiger charge is 2.04. The molecule has 0 aliphatic carbocycles. The number of carbonyl (C=O) groups excluding carboxylic acids is 1. The monoisotopic (exact) mass is 221 g/mol. The first-order valence-electron chi connectivity index (χ1n) is 4.91. The van der Waals surface area contributed by atoms with Gasteiger partial charge in [-0.1, -0.05) is 0 Å². The van der Waals surface area contributed by atoms with Crippen LogP contribution < -0.4 is 11.1 Å². The summed E-state index contributed by atoms with van der Waals surface area (Å²) in [7, 11) is 0. The Bertz CT molecular complexity index is 521. The molecule has 0 aliphatic heterocycles. The van der Waals surface area contributed by atoms with Gasteiger partial charge in [0.2, 0.25) is 5.91 Å². The Hall–Kier alpha value is -1.88. The van der Waals surface area contributed by atoms with Crippen LogP contribution in [0.2, 0.25) is 0 Å². The molecular formula is C11H12FN3O. The van der Waals surface area contributed by atoms with E-state index >= 15 is 0 Å². The predicted molar refractivity (Wildman–Crippen MR) is 59.2 cm³/mol. The molecule has 0 atom stereocenters. The van der Waals surface area contributed by atoms with Crippen molar-refractivity contribution in [3.05, 3.63) is 35.8 Å². The van der Waals surface area contributed by atoms with Crippen LogP contribution in [-0.2, 0) is 11.3 Å². The molecule has 1 aromatic carbocycles. The van der Waals surface area contributed by atoms with Crippen LogP contribution in [0.5, 0.6) is 0 Å². The Labute approximate surface area is 91.6 Å². The molecule has 0 unspecified atom stereocenters. The fourth-order valence-corrected chi connectivity index (χ4v) is 1.63. The number of nitrogens with two attached hydrogens (primary N) is 1. The van der Waals surface area contributed by atoms with E-state index in [0.29, 0.717) is 6.54 Å². The summed E-state index contributed by atoms with van der Waals surface area (Å²) in [6, 6.07) is 4.56. The lowest BCUT2D eigenvalue weighted by Gasteiger charge is -2.00. The second-order valence-corrected chi connectivity index (χ2v) is 3.57. The van der Waals surface area contributed by atoms with E-state index in [0.717, 1.165) is 16.5 Å². The highest BCUT2D eigenvalue weighted by molar-refractivity contribution is 5.83. The van der Waals surface area contributed by atoms with Crippen LogP contribution in [0.25, 0.3) is 10.9 Å². The van der Waals surface area contributed by atoms with Gasteiger partial charge in [-0.05, 0) is 23.8 Å². The zero-order valence-electron chi connectivity index (χ0n) is 8.59. The number of halogens is 1. The van der Waals surface area contributed by atoms with Crippen molar-refractivity contribution in [3.8, 4) is 0 Å². The van der Waals surface area contributed by atoms with Gasteiger partial charge in [-0.15, -0.1) is 0 Å². The second kappa shape index (κ2) is 4.32. The van der Waals surface area contributed by atoms with Gasteiger partial charge >= 0.3 is 0 Å². The largest absolute Gasteiger partial charge is 0.369 e. The molecule has 84 valence electrons. The number of H-pyrrole nitrogens is 1. The lowest BCUT2D eigenvalue weighted by atomic mass is 10.2. The Morgan fingerprint density at radius 3 is 3.06 bits per heavy atom. The number of aromatic amines is 1. The Balaban J connectivity index is 2.15. The summed E-state index contributed by atoms with van der Waals surface area (Å²) in [5.41, 5.74) is 6.73. The SMILES string of the molecule is NC(=O)CNCc1c[nH]c2cc(F)ccc12. The van der Waals surface area contributed by atoms with E-state index in [1.165, 1.54) is 12.1 Å². The van der Waals surface area contributed by atoms with Gasteiger partial charge in [-0.2, -0.15) is 0 Å². The molecule has 0 saturated heterocycles. The lowest BCUT2D eigenvalue weighted by Crippen LogP contribution is -2.27. The van der Waals surface area contributed by atoms with Crippen LogP contribution in [0.3, 0.4) is 0 Å². The average Bonchev–Trinajstić information content (AvgIpc) is 2.60. The Morgan fingerprint density at radius 1 is 1.50 bits per heavy atom. The molecule has 4 N–H and O–H groups in total. The summed E-state index contributed by atoms with van der Waals surface area (Å²) in [4.78, 5) is 13.5. The van der Waals surface area contributed by atoms with Gasteiger partial charge in [0.15, 0.2) is 0 Å². The van der Waals surface area contributed by atoms with Crippen LogP contribution in [0.4, 0.5) is 4.39 Å². The topological polar surface area (TPSA) is 70.9 Å². The number of hydrogen-bond acceptors (Lipinski definition) is 2. The van der Waals surface area contributed by atoms with E-state index in [2.05, 4.69) is 10.3 Å². The van der Waals surface area contributed by atoms with E-state index in [-0.39, 0.29) is 12.4 Å². The first-order chi connectivity index (χ1) is 7.66. The van der Waals surface area contributed by atoms with Crippen LogP contribution in [0.1, 0.15) is 5.56 Å². The molecule has 0 spiro atoms. The Kier molecular flexibility index (Phi) is 2.87. The van der Waals surface area contributed by atoms with Crippen molar-refractivity contribution >= 4 is 16.8 Å². The third-order valence-electron chi connectivity index (χ3n) is 2.34. The summed E-state index contributed by atoms with van der Waals surface area (Å²) in [5.74, 6) is -0.670. The minimum absolute atomic E-state index is 0.133. The lowest BCUT2D eigenvalue weighted by molar-refractivity contribution is -0.117. The fraction of sp³-hybridized carbons (Fsp3) is 0.182. The van der Waals surface area contributed by atoms with Gasteiger partial charge in [0, 0.05) is 23.6 Å². The average molecular weight is 221 g/mol. The van der Waals surface area contributed by atoms with Gasteiger partial charge in [-0.3, -0.25) is 4.79 Å². The molecule has 0 radical (unpaired) electrons. The first kappa shape index (κ1) is 10.6. The maximum absolute atomic E-state index is 12.9. The molecule has 2 aromatic rings. The molecule has 1 heterocycles. The number of benzene rings is 1. The highest BCUT2D eigenvalue weighted by Crippen LogP contribution is 2.18. The third-order valence-corrected chi connectivity index (χ3v) is 2.34. The molecule has 1 aromatic heterocycles. The number of rotatable bonds is 4. The van der Waals surface area contributed by atoms with Crippen molar-refractivity contribution in [1.82, 2.24) is 10.3 Å². The van der Waals surface area contributed by atoms with Gasteiger partial charge in [0.1, 0.15) is 5.82 Å². The van der Waals surface area contributed by atoms with Gasteiger partial charge < -0.3 is 16.0 Å². The molecule has 2 rings (SSSR count). The summed E-state index contributed by atoms with van der Waals surface area (Å²) >= 11 is 0. The normalized spacial score (nSPS) is 10.8. The molecule has 4 nitrogen and oxygen atoms in total. The van der Waals surface area contributed by atoms with Gasteiger partial charge in [0.05, 0.1) is 6.54 Å². The first-order valence-corrected chi connectivity index (χ1v) is 4.91. The van der Waals surface area contributed by atoms with Crippen LogP contribution >= 0.6 is 0 Å². The van der Waals surface area contributed by atoms with Crippen molar-refractivity contribution in [2.24, 2.45) is 5.73 Å². The van der Waals surface area contributed by atoms with Crippen molar-refractivity contribution < 1.29 is 9.18 Å². The van der Waals surface area contributed by atoms with E-state index in [1.54, 1.807) is 12.3 Å². The summed E-state index contributed by atoms with van der Waals surface area (Å²) in [6.07, 6.45) is 1.79. The summed E-state index contributed by atoms with van der Waals surface area (Å²) in [6.45, 7) is 0.655. The van der Waals surface area contributed by atoms with Gasteiger partial charge in [-0.25, -0.2) is 4.39 Å². The molecule has 0 aliphatic rings. The number of carbonyl (C=O) groups is 1. The molecule has 1 amide bonds. The van der Waals surface area contributed by atoms with Crippen molar-refractivity contribution in [2.45, 2.75) is 6.54 Å². The quantitative estimate of drug-likeness (QED) is 0.717. The van der Waals surface area contributed by atoms with Crippen LogP contribution in [0, 0.1) is 5.82 Å². The van der Waals surface area contributed by atoms with Crippen molar-refractivity contribution in [3.63, 3.8) is 0 Å². The number of nitrogens with one attached hydrogen (secondary N) is 2. The number of amides is 1. The predicted octanol–water partition coefficient (Wildman–Crippen LogP) is 0.882. The van der Waals surface area contributed by atoms with E-state index in [9.17, 15) is 9.18 Å². The summed E-state index contributed by atoms with van der Waals surface area (Å²) < 4.78 is 12.9. The third kappa shape index (κ3) is 2.20. The van der Waals surface area contributed by atoms with E-state index < -0.39 is 5.91 Å². The zero-order chi connectivity index (χ0) is 11.5.